The second-order valence-corrected chi connectivity index (χ2v) is 4.80. The molecule has 0 amide bonds. The third-order valence-corrected chi connectivity index (χ3v) is 3.00. The van der Waals surface area contributed by atoms with E-state index in [4.69, 9.17) is 21.1 Å². The van der Waals surface area contributed by atoms with Gasteiger partial charge in [-0.2, -0.15) is 4.80 Å². The van der Waals surface area contributed by atoms with Gasteiger partial charge in [-0.3, -0.25) is 0 Å². The molecule has 0 aliphatic carbocycles. The lowest BCUT2D eigenvalue weighted by Gasteiger charge is -2.15. The summed E-state index contributed by atoms with van der Waals surface area (Å²) >= 11 is 6.10. The smallest absolute Gasteiger partial charge is 0.212 e. The average molecular weight is 312 g/mol. The van der Waals surface area contributed by atoms with Crippen molar-refractivity contribution >= 4 is 11.6 Å². The van der Waals surface area contributed by atoms with E-state index < -0.39 is 0 Å². The van der Waals surface area contributed by atoms with Gasteiger partial charge in [0.25, 0.3) is 0 Å². The Hall–Kier alpha value is -1.86. The topological polar surface area (TPSA) is 74.1 Å². The number of nitrogens with one attached hydrogen (secondary N) is 1. The summed E-state index contributed by atoms with van der Waals surface area (Å²) in [7, 11) is 3.28. The monoisotopic (exact) mass is 311 g/mol. The summed E-state index contributed by atoms with van der Waals surface area (Å²) < 4.78 is 11.2. The molecule has 1 aromatic carbocycles. The number of rotatable bonds is 7. The molecule has 0 bridgehead atoms. The highest BCUT2D eigenvalue weighted by molar-refractivity contribution is 6.30. The van der Waals surface area contributed by atoms with Gasteiger partial charge in [0.15, 0.2) is 18.1 Å². The van der Waals surface area contributed by atoms with Gasteiger partial charge in [-0.15, -0.1) is 10.2 Å². The molecule has 0 atom stereocenters. The number of ether oxygens (including phenoxy) is 2. The van der Waals surface area contributed by atoms with E-state index in [1.165, 1.54) is 4.80 Å². The highest BCUT2D eigenvalue weighted by atomic mass is 35.5. The van der Waals surface area contributed by atoms with E-state index in [-0.39, 0.29) is 6.61 Å². The standard InChI is InChI=1S/C13H18ClN5O2/c1-4-15-7-9-5-10(14)6-11(20-3)13(9)21-8-12-16-18-19(2)17-12/h5-6,15H,4,7-8H2,1-3H3. The number of aryl methyl sites for hydroxylation is 1. The first-order valence-corrected chi connectivity index (χ1v) is 6.94. The summed E-state index contributed by atoms with van der Waals surface area (Å²) in [5.41, 5.74) is 0.921. The molecular formula is C13H18ClN5O2. The highest BCUT2D eigenvalue weighted by Crippen LogP contribution is 2.35. The molecule has 0 saturated heterocycles. The summed E-state index contributed by atoms with van der Waals surface area (Å²) in [4.78, 5) is 1.39. The van der Waals surface area contributed by atoms with Crippen LogP contribution in [-0.4, -0.2) is 33.9 Å². The quantitative estimate of drug-likeness (QED) is 0.836. The van der Waals surface area contributed by atoms with Crippen LogP contribution in [0.5, 0.6) is 11.5 Å². The Morgan fingerprint density at radius 3 is 2.81 bits per heavy atom. The predicted molar refractivity (Wildman–Crippen MR) is 78.5 cm³/mol. The molecular weight excluding hydrogens is 294 g/mol. The number of nitrogens with zero attached hydrogens (tertiary/aromatic N) is 4. The van der Waals surface area contributed by atoms with Crippen LogP contribution in [0.1, 0.15) is 18.3 Å². The molecule has 21 heavy (non-hydrogen) atoms. The summed E-state index contributed by atoms with van der Waals surface area (Å²) in [6.45, 7) is 3.73. The number of benzene rings is 1. The first-order chi connectivity index (χ1) is 10.1. The molecule has 114 valence electrons. The first kappa shape index (κ1) is 15.5. The third kappa shape index (κ3) is 4.05. The summed E-state index contributed by atoms with van der Waals surface area (Å²) in [5, 5.41) is 15.6. The summed E-state index contributed by atoms with van der Waals surface area (Å²) in [6.07, 6.45) is 0. The molecule has 7 nitrogen and oxygen atoms in total. The van der Waals surface area contributed by atoms with Crippen LogP contribution >= 0.6 is 11.6 Å². The lowest BCUT2D eigenvalue weighted by atomic mass is 10.2. The summed E-state index contributed by atoms with van der Waals surface area (Å²) in [6, 6.07) is 3.57. The van der Waals surface area contributed by atoms with Crippen LogP contribution in [0, 0.1) is 0 Å². The number of halogens is 1. The number of methoxy groups -OCH3 is 1. The van der Waals surface area contributed by atoms with Crippen LogP contribution in [0.25, 0.3) is 0 Å². The molecule has 0 radical (unpaired) electrons. The number of hydrogen-bond acceptors (Lipinski definition) is 6. The molecule has 0 spiro atoms. The van der Waals surface area contributed by atoms with Crippen LogP contribution in [0.4, 0.5) is 0 Å². The fraction of sp³-hybridized carbons (Fsp3) is 0.462. The Balaban J connectivity index is 2.21. The Kier molecular flexibility index (Phi) is 5.35. The zero-order valence-corrected chi connectivity index (χ0v) is 13.0. The number of aromatic nitrogens is 4. The SMILES string of the molecule is CCNCc1cc(Cl)cc(OC)c1OCc1nnn(C)n1. The van der Waals surface area contributed by atoms with Crippen molar-refractivity contribution in [2.75, 3.05) is 13.7 Å². The van der Waals surface area contributed by atoms with E-state index in [9.17, 15) is 0 Å². The highest BCUT2D eigenvalue weighted by Gasteiger charge is 2.14. The molecule has 1 heterocycles. The molecule has 0 fully saturated rings. The minimum Gasteiger partial charge on any atom is -0.493 e. The minimum absolute atomic E-state index is 0.213. The lowest BCUT2D eigenvalue weighted by Crippen LogP contribution is -2.13. The van der Waals surface area contributed by atoms with E-state index in [0.29, 0.717) is 28.9 Å². The third-order valence-electron chi connectivity index (χ3n) is 2.78. The first-order valence-electron chi connectivity index (χ1n) is 6.56. The van der Waals surface area contributed by atoms with E-state index in [2.05, 4.69) is 20.7 Å². The van der Waals surface area contributed by atoms with Crippen LogP contribution in [0.15, 0.2) is 12.1 Å². The Bertz CT molecular complexity index is 602. The number of hydrogen-bond donors (Lipinski definition) is 1. The van der Waals surface area contributed by atoms with Crippen LogP contribution in [0.3, 0.4) is 0 Å². The van der Waals surface area contributed by atoms with Crippen LogP contribution in [-0.2, 0) is 20.2 Å². The zero-order valence-electron chi connectivity index (χ0n) is 12.3. The molecule has 1 aromatic heterocycles. The van der Waals surface area contributed by atoms with Gasteiger partial charge < -0.3 is 14.8 Å². The average Bonchev–Trinajstić information content (AvgIpc) is 2.88. The fourth-order valence-electron chi connectivity index (χ4n) is 1.85. The Morgan fingerprint density at radius 2 is 2.19 bits per heavy atom. The van der Waals surface area contributed by atoms with Crippen molar-refractivity contribution in [2.45, 2.75) is 20.1 Å². The van der Waals surface area contributed by atoms with Gasteiger partial charge in [0.2, 0.25) is 5.82 Å². The van der Waals surface area contributed by atoms with Gasteiger partial charge in [0.1, 0.15) is 0 Å². The van der Waals surface area contributed by atoms with E-state index in [1.54, 1.807) is 20.2 Å². The van der Waals surface area contributed by atoms with Crippen molar-refractivity contribution in [1.29, 1.82) is 0 Å². The predicted octanol–water partition coefficient (Wildman–Crippen LogP) is 1.56. The van der Waals surface area contributed by atoms with Gasteiger partial charge in [-0.1, -0.05) is 18.5 Å². The van der Waals surface area contributed by atoms with Crippen LogP contribution in [0.2, 0.25) is 5.02 Å². The van der Waals surface area contributed by atoms with Crippen molar-refractivity contribution in [3.63, 3.8) is 0 Å². The van der Waals surface area contributed by atoms with E-state index >= 15 is 0 Å². The zero-order chi connectivity index (χ0) is 15.2. The molecule has 0 aliphatic heterocycles. The molecule has 2 aromatic rings. The normalized spacial score (nSPS) is 10.7. The Labute approximate surface area is 128 Å². The van der Waals surface area contributed by atoms with Gasteiger partial charge in [0, 0.05) is 23.2 Å². The molecule has 0 aliphatic rings. The van der Waals surface area contributed by atoms with Crippen molar-refractivity contribution in [3.8, 4) is 11.5 Å². The van der Waals surface area contributed by atoms with Gasteiger partial charge in [-0.25, -0.2) is 0 Å². The molecule has 1 N–H and O–H groups in total. The largest absolute Gasteiger partial charge is 0.493 e. The van der Waals surface area contributed by atoms with Gasteiger partial charge in [0.05, 0.1) is 14.2 Å². The number of tetrazole rings is 1. The van der Waals surface area contributed by atoms with E-state index in [1.807, 2.05) is 13.0 Å². The van der Waals surface area contributed by atoms with Crippen molar-refractivity contribution in [2.24, 2.45) is 7.05 Å². The maximum absolute atomic E-state index is 6.10. The fourth-order valence-corrected chi connectivity index (χ4v) is 2.08. The molecule has 8 heteroatoms. The second-order valence-electron chi connectivity index (χ2n) is 4.36. The maximum Gasteiger partial charge on any atom is 0.212 e. The Morgan fingerprint density at radius 1 is 1.38 bits per heavy atom. The van der Waals surface area contributed by atoms with Crippen molar-refractivity contribution in [3.05, 3.63) is 28.5 Å². The minimum atomic E-state index is 0.213. The van der Waals surface area contributed by atoms with Gasteiger partial charge >= 0.3 is 0 Å². The van der Waals surface area contributed by atoms with E-state index in [0.717, 1.165) is 12.1 Å². The van der Waals surface area contributed by atoms with Crippen LogP contribution < -0.4 is 14.8 Å². The maximum atomic E-state index is 6.10. The molecule has 0 unspecified atom stereocenters. The van der Waals surface area contributed by atoms with Crippen molar-refractivity contribution < 1.29 is 9.47 Å². The summed E-state index contributed by atoms with van der Waals surface area (Å²) in [5.74, 6) is 1.72. The molecule has 0 saturated carbocycles. The molecule has 2 rings (SSSR count). The lowest BCUT2D eigenvalue weighted by molar-refractivity contribution is 0.272. The second kappa shape index (κ2) is 7.24. The van der Waals surface area contributed by atoms with Gasteiger partial charge in [-0.05, 0) is 17.8 Å². The van der Waals surface area contributed by atoms with Crippen molar-refractivity contribution in [1.82, 2.24) is 25.5 Å².